The first kappa shape index (κ1) is 17.7. The molecule has 0 N–H and O–H groups in total. The van der Waals surface area contributed by atoms with Gasteiger partial charge in [0.05, 0.1) is 17.7 Å². The predicted molar refractivity (Wildman–Crippen MR) is 100 cm³/mol. The summed E-state index contributed by atoms with van der Waals surface area (Å²) in [5.41, 5.74) is 4.38. The summed E-state index contributed by atoms with van der Waals surface area (Å²) in [7, 11) is 0. The third kappa shape index (κ3) is 3.45. The highest BCUT2D eigenvalue weighted by Gasteiger charge is 2.13. The van der Waals surface area contributed by atoms with Crippen LogP contribution in [0.3, 0.4) is 0 Å². The van der Waals surface area contributed by atoms with Crippen molar-refractivity contribution in [1.29, 1.82) is 5.26 Å². The third-order valence-corrected chi connectivity index (χ3v) is 4.33. The Hall–Kier alpha value is -3.13. The maximum absolute atomic E-state index is 11.2. The second-order valence-electron chi connectivity index (χ2n) is 5.99. The van der Waals surface area contributed by atoms with Gasteiger partial charge in [0, 0.05) is 24.9 Å². The SMILES string of the molecule is CCC(=O)OCCc1ccc(-n2c(CC)nc3c(C#N)cccc32)cc1. The Morgan fingerprint density at radius 1 is 1.19 bits per heavy atom. The molecule has 0 atom stereocenters. The van der Waals surface area contributed by atoms with Gasteiger partial charge in [-0.3, -0.25) is 9.36 Å². The molecule has 5 nitrogen and oxygen atoms in total. The van der Waals surface area contributed by atoms with Crippen LogP contribution in [0.25, 0.3) is 16.7 Å². The first-order valence-corrected chi connectivity index (χ1v) is 8.83. The van der Waals surface area contributed by atoms with E-state index in [2.05, 4.69) is 22.5 Å². The number of nitrogens with zero attached hydrogens (tertiary/aromatic N) is 3. The number of nitriles is 1. The monoisotopic (exact) mass is 347 g/mol. The van der Waals surface area contributed by atoms with Gasteiger partial charge in [0.2, 0.25) is 0 Å². The Morgan fingerprint density at radius 2 is 1.96 bits per heavy atom. The van der Waals surface area contributed by atoms with E-state index in [1.807, 2.05) is 36.4 Å². The highest BCUT2D eigenvalue weighted by molar-refractivity contribution is 5.83. The summed E-state index contributed by atoms with van der Waals surface area (Å²) in [5.74, 6) is 0.750. The molecule has 0 saturated heterocycles. The summed E-state index contributed by atoms with van der Waals surface area (Å²) < 4.78 is 7.23. The van der Waals surface area contributed by atoms with E-state index in [0.29, 0.717) is 25.0 Å². The molecule has 0 fully saturated rings. The average molecular weight is 347 g/mol. The maximum atomic E-state index is 11.2. The van der Waals surface area contributed by atoms with Gasteiger partial charge < -0.3 is 4.74 Å². The molecule has 132 valence electrons. The van der Waals surface area contributed by atoms with Crippen LogP contribution in [0.2, 0.25) is 0 Å². The van der Waals surface area contributed by atoms with Crippen molar-refractivity contribution in [2.75, 3.05) is 6.61 Å². The molecule has 0 amide bonds. The number of carbonyl (C=O) groups is 1. The quantitative estimate of drug-likeness (QED) is 0.633. The molecule has 1 aromatic heterocycles. The van der Waals surface area contributed by atoms with Crippen molar-refractivity contribution in [2.24, 2.45) is 0 Å². The summed E-state index contributed by atoms with van der Waals surface area (Å²) in [6, 6.07) is 16.0. The number of imidazole rings is 1. The zero-order chi connectivity index (χ0) is 18.5. The number of esters is 1. The Balaban J connectivity index is 1.90. The number of hydrogen-bond donors (Lipinski definition) is 0. The Labute approximate surface area is 152 Å². The number of para-hydroxylation sites is 1. The fourth-order valence-corrected chi connectivity index (χ4v) is 2.96. The number of fused-ring (bicyclic) bond motifs is 1. The van der Waals surface area contributed by atoms with E-state index in [1.54, 1.807) is 13.0 Å². The lowest BCUT2D eigenvalue weighted by Crippen LogP contribution is -2.06. The maximum Gasteiger partial charge on any atom is 0.305 e. The topological polar surface area (TPSA) is 67.9 Å². The van der Waals surface area contributed by atoms with E-state index in [9.17, 15) is 10.1 Å². The second kappa shape index (κ2) is 7.83. The first-order chi connectivity index (χ1) is 12.7. The minimum atomic E-state index is -0.174. The van der Waals surface area contributed by atoms with Crippen molar-refractivity contribution in [1.82, 2.24) is 9.55 Å². The largest absolute Gasteiger partial charge is 0.465 e. The molecule has 0 spiro atoms. The van der Waals surface area contributed by atoms with Gasteiger partial charge in [-0.1, -0.05) is 32.0 Å². The minimum Gasteiger partial charge on any atom is -0.465 e. The zero-order valence-corrected chi connectivity index (χ0v) is 15.0. The Morgan fingerprint density at radius 3 is 2.62 bits per heavy atom. The van der Waals surface area contributed by atoms with Crippen LogP contribution in [0.4, 0.5) is 0 Å². The lowest BCUT2D eigenvalue weighted by Gasteiger charge is -2.10. The smallest absolute Gasteiger partial charge is 0.305 e. The number of aryl methyl sites for hydroxylation is 1. The lowest BCUT2D eigenvalue weighted by atomic mass is 10.1. The van der Waals surface area contributed by atoms with Crippen LogP contribution >= 0.6 is 0 Å². The summed E-state index contributed by atoms with van der Waals surface area (Å²) in [5, 5.41) is 9.32. The molecular formula is C21H21N3O2. The van der Waals surface area contributed by atoms with Crippen molar-refractivity contribution in [2.45, 2.75) is 33.1 Å². The van der Waals surface area contributed by atoms with Gasteiger partial charge in [-0.15, -0.1) is 0 Å². The molecule has 0 aliphatic rings. The zero-order valence-electron chi connectivity index (χ0n) is 15.0. The van der Waals surface area contributed by atoms with Gasteiger partial charge in [-0.2, -0.15) is 5.26 Å². The number of aromatic nitrogens is 2. The molecule has 2 aromatic carbocycles. The molecule has 3 rings (SSSR count). The molecule has 26 heavy (non-hydrogen) atoms. The van der Waals surface area contributed by atoms with E-state index in [4.69, 9.17) is 4.74 Å². The molecule has 0 bridgehead atoms. The van der Waals surface area contributed by atoms with Crippen molar-refractivity contribution in [3.63, 3.8) is 0 Å². The fraction of sp³-hybridized carbons (Fsp3) is 0.286. The van der Waals surface area contributed by atoms with Crippen molar-refractivity contribution >= 4 is 17.0 Å². The lowest BCUT2D eigenvalue weighted by molar-refractivity contribution is -0.143. The number of rotatable bonds is 6. The molecule has 3 aromatic rings. The van der Waals surface area contributed by atoms with Gasteiger partial charge in [0.1, 0.15) is 17.4 Å². The number of benzene rings is 2. The fourth-order valence-electron chi connectivity index (χ4n) is 2.96. The van der Waals surface area contributed by atoms with Gasteiger partial charge in [-0.25, -0.2) is 4.98 Å². The molecule has 0 aliphatic heterocycles. The molecule has 1 heterocycles. The van der Waals surface area contributed by atoms with Crippen LogP contribution in [0.1, 0.15) is 37.2 Å². The van der Waals surface area contributed by atoms with E-state index >= 15 is 0 Å². The summed E-state index contributed by atoms with van der Waals surface area (Å²) in [4.78, 5) is 15.9. The summed E-state index contributed by atoms with van der Waals surface area (Å²) >= 11 is 0. The van der Waals surface area contributed by atoms with Crippen LogP contribution < -0.4 is 0 Å². The van der Waals surface area contributed by atoms with Crippen molar-refractivity contribution in [3.8, 4) is 11.8 Å². The van der Waals surface area contributed by atoms with Crippen molar-refractivity contribution in [3.05, 3.63) is 59.4 Å². The van der Waals surface area contributed by atoms with Crippen molar-refractivity contribution < 1.29 is 9.53 Å². The van der Waals surface area contributed by atoms with Crippen LogP contribution in [-0.2, 0) is 22.4 Å². The third-order valence-electron chi connectivity index (χ3n) is 4.33. The molecule has 0 radical (unpaired) electrons. The standard InChI is InChI=1S/C21H21N3O2/c1-3-19-23-21-16(14-22)6-5-7-18(21)24(19)17-10-8-15(9-11-17)12-13-26-20(25)4-2/h5-11H,3-4,12-13H2,1-2H3. The summed E-state index contributed by atoms with van der Waals surface area (Å²) in [6.45, 7) is 4.24. The van der Waals surface area contributed by atoms with Gasteiger partial charge in [0.25, 0.3) is 0 Å². The molecule has 0 aliphatic carbocycles. The predicted octanol–water partition coefficient (Wildman–Crippen LogP) is 3.96. The average Bonchev–Trinajstić information content (AvgIpc) is 3.07. The molecule has 0 unspecified atom stereocenters. The Kier molecular flexibility index (Phi) is 5.33. The van der Waals surface area contributed by atoms with Crippen LogP contribution in [0.15, 0.2) is 42.5 Å². The van der Waals surface area contributed by atoms with Crippen LogP contribution in [0, 0.1) is 11.3 Å². The van der Waals surface area contributed by atoms with Crippen LogP contribution in [-0.4, -0.2) is 22.1 Å². The van der Waals surface area contributed by atoms with E-state index in [-0.39, 0.29) is 5.97 Å². The minimum absolute atomic E-state index is 0.174. The normalized spacial score (nSPS) is 10.7. The number of ether oxygens (including phenoxy) is 1. The van der Waals surface area contributed by atoms with E-state index in [0.717, 1.165) is 34.5 Å². The molecule has 0 saturated carbocycles. The highest BCUT2D eigenvalue weighted by Crippen LogP contribution is 2.24. The van der Waals surface area contributed by atoms with Gasteiger partial charge in [0.15, 0.2) is 0 Å². The highest BCUT2D eigenvalue weighted by atomic mass is 16.5. The second-order valence-corrected chi connectivity index (χ2v) is 5.99. The van der Waals surface area contributed by atoms with Gasteiger partial charge >= 0.3 is 5.97 Å². The number of carbonyl (C=O) groups excluding carboxylic acids is 1. The van der Waals surface area contributed by atoms with E-state index in [1.165, 1.54) is 0 Å². The first-order valence-electron chi connectivity index (χ1n) is 8.83. The van der Waals surface area contributed by atoms with Gasteiger partial charge in [-0.05, 0) is 29.8 Å². The summed E-state index contributed by atoms with van der Waals surface area (Å²) in [6.07, 6.45) is 1.86. The number of hydrogen-bond acceptors (Lipinski definition) is 4. The Bertz CT molecular complexity index is 965. The molecule has 5 heteroatoms. The molecular weight excluding hydrogens is 326 g/mol. The van der Waals surface area contributed by atoms with E-state index < -0.39 is 0 Å². The van der Waals surface area contributed by atoms with Crippen LogP contribution in [0.5, 0.6) is 0 Å².